The number of anilines is 2. The summed E-state index contributed by atoms with van der Waals surface area (Å²) in [5.41, 5.74) is 0.00333. The highest BCUT2D eigenvalue weighted by molar-refractivity contribution is 6.42. The molecule has 1 aliphatic rings. The van der Waals surface area contributed by atoms with Crippen LogP contribution in [-0.2, 0) is 11.3 Å². The van der Waals surface area contributed by atoms with E-state index in [9.17, 15) is 14.9 Å². The van der Waals surface area contributed by atoms with Crippen molar-refractivity contribution in [2.75, 3.05) is 23.7 Å². The van der Waals surface area contributed by atoms with Gasteiger partial charge in [0.25, 0.3) is 0 Å². The average Bonchev–Trinajstić information content (AvgIpc) is 3.16. The zero-order chi connectivity index (χ0) is 23.5. The minimum atomic E-state index is -0.594. The lowest BCUT2D eigenvalue weighted by Gasteiger charge is -2.24. The summed E-state index contributed by atoms with van der Waals surface area (Å²) in [7, 11) is 0. The number of likely N-dealkylation sites (tertiary alicyclic amines) is 1. The molecule has 0 spiro atoms. The van der Waals surface area contributed by atoms with Crippen LogP contribution in [0.4, 0.5) is 22.2 Å². The second-order valence-electron chi connectivity index (χ2n) is 8.34. The van der Waals surface area contributed by atoms with Crippen LogP contribution in [0.2, 0.25) is 10.0 Å². The molecule has 2 heterocycles. The first-order chi connectivity index (χ1) is 15.0. The number of halogens is 2. The van der Waals surface area contributed by atoms with Crippen molar-refractivity contribution in [3.63, 3.8) is 0 Å². The summed E-state index contributed by atoms with van der Waals surface area (Å²) in [5.74, 6) is 0.295. The van der Waals surface area contributed by atoms with Crippen molar-refractivity contribution in [2.24, 2.45) is 0 Å². The van der Waals surface area contributed by atoms with Gasteiger partial charge in [-0.25, -0.2) is 9.78 Å². The van der Waals surface area contributed by atoms with Gasteiger partial charge < -0.3 is 20.3 Å². The fourth-order valence-electron chi connectivity index (χ4n) is 3.09. The van der Waals surface area contributed by atoms with Crippen LogP contribution in [0.25, 0.3) is 0 Å². The smallest absolute Gasteiger partial charge is 0.410 e. The lowest BCUT2D eigenvalue weighted by Crippen LogP contribution is -2.36. The molecule has 1 amide bonds. The van der Waals surface area contributed by atoms with Crippen LogP contribution in [0.3, 0.4) is 0 Å². The third kappa shape index (κ3) is 6.33. The van der Waals surface area contributed by atoms with E-state index in [-0.39, 0.29) is 23.5 Å². The van der Waals surface area contributed by atoms with E-state index in [0.29, 0.717) is 36.1 Å². The molecule has 0 saturated carbocycles. The first-order valence-electron chi connectivity index (χ1n) is 9.95. The zero-order valence-corrected chi connectivity index (χ0v) is 19.4. The number of hydrogen-bond donors (Lipinski definition) is 2. The highest BCUT2D eigenvalue weighted by Crippen LogP contribution is 2.26. The standard InChI is InChI=1S/C20H24Cl2N6O4/c1-20(2,3)32-19(29)27-7-6-13(11-27)25-17-16(28(30)31)10-24-18(26-17)23-9-12-4-5-14(21)15(22)8-12/h4-5,8,10,13H,6-7,9,11H2,1-3H3,(H2,23,24,25,26)/t13-/m1/s1. The number of carbonyl (C=O) groups is 1. The highest BCUT2D eigenvalue weighted by Gasteiger charge is 2.31. The predicted octanol–water partition coefficient (Wildman–Crippen LogP) is 4.73. The van der Waals surface area contributed by atoms with E-state index in [1.54, 1.807) is 43.9 Å². The van der Waals surface area contributed by atoms with Gasteiger partial charge in [0.15, 0.2) is 0 Å². The van der Waals surface area contributed by atoms with E-state index >= 15 is 0 Å². The summed E-state index contributed by atoms with van der Waals surface area (Å²) in [6.45, 7) is 6.58. The number of rotatable bonds is 6. The molecule has 1 aromatic carbocycles. The van der Waals surface area contributed by atoms with Crippen molar-refractivity contribution in [3.8, 4) is 0 Å². The van der Waals surface area contributed by atoms with Gasteiger partial charge in [-0.15, -0.1) is 0 Å². The molecular formula is C20H24Cl2N6O4. The maximum Gasteiger partial charge on any atom is 0.410 e. The number of carbonyl (C=O) groups excluding carboxylic acids is 1. The number of hydrogen-bond acceptors (Lipinski definition) is 8. The van der Waals surface area contributed by atoms with Gasteiger partial charge in [0.2, 0.25) is 11.8 Å². The van der Waals surface area contributed by atoms with Gasteiger partial charge in [0.05, 0.1) is 15.0 Å². The molecule has 172 valence electrons. The molecule has 0 unspecified atom stereocenters. The van der Waals surface area contributed by atoms with Crippen LogP contribution in [0.5, 0.6) is 0 Å². The molecular weight excluding hydrogens is 459 g/mol. The molecule has 0 aliphatic carbocycles. The fraction of sp³-hybridized carbons (Fsp3) is 0.450. The molecule has 0 radical (unpaired) electrons. The summed E-state index contributed by atoms with van der Waals surface area (Å²) < 4.78 is 5.39. The van der Waals surface area contributed by atoms with Crippen LogP contribution in [0.15, 0.2) is 24.4 Å². The van der Waals surface area contributed by atoms with Crippen LogP contribution in [-0.4, -0.2) is 50.6 Å². The fourth-order valence-corrected chi connectivity index (χ4v) is 3.42. The Hall–Kier alpha value is -2.85. The SMILES string of the molecule is CC(C)(C)OC(=O)N1CC[C@@H](Nc2nc(NCc3ccc(Cl)c(Cl)c3)ncc2[N+](=O)[O-])C1. The lowest BCUT2D eigenvalue weighted by atomic mass is 10.2. The van der Waals surface area contributed by atoms with Gasteiger partial charge in [0.1, 0.15) is 11.8 Å². The summed E-state index contributed by atoms with van der Waals surface area (Å²) in [6.07, 6.45) is 1.34. The largest absolute Gasteiger partial charge is 0.444 e. The Morgan fingerprint density at radius 1 is 1.34 bits per heavy atom. The molecule has 1 saturated heterocycles. The van der Waals surface area contributed by atoms with Crippen molar-refractivity contribution in [3.05, 3.63) is 50.1 Å². The molecule has 2 aromatic rings. The van der Waals surface area contributed by atoms with Crippen molar-refractivity contribution >= 4 is 46.7 Å². The monoisotopic (exact) mass is 482 g/mol. The molecule has 32 heavy (non-hydrogen) atoms. The molecule has 1 aliphatic heterocycles. The lowest BCUT2D eigenvalue weighted by molar-refractivity contribution is -0.384. The second kappa shape index (κ2) is 9.74. The Bertz CT molecular complexity index is 1010. The van der Waals surface area contributed by atoms with Crippen LogP contribution in [0.1, 0.15) is 32.8 Å². The third-order valence-corrected chi connectivity index (χ3v) is 5.32. The Balaban J connectivity index is 1.68. The van der Waals surface area contributed by atoms with Crippen LogP contribution >= 0.6 is 23.2 Å². The average molecular weight is 483 g/mol. The van der Waals surface area contributed by atoms with Crippen LogP contribution in [0, 0.1) is 10.1 Å². The molecule has 1 atom stereocenters. The van der Waals surface area contributed by atoms with E-state index in [4.69, 9.17) is 27.9 Å². The Morgan fingerprint density at radius 2 is 2.09 bits per heavy atom. The van der Waals surface area contributed by atoms with Gasteiger partial charge in [0, 0.05) is 25.7 Å². The van der Waals surface area contributed by atoms with Gasteiger partial charge in [-0.05, 0) is 44.9 Å². The van der Waals surface area contributed by atoms with E-state index in [1.165, 1.54) is 0 Å². The highest BCUT2D eigenvalue weighted by atomic mass is 35.5. The molecule has 2 N–H and O–H groups in total. The Kier molecular flexibility index (Phi) is 7.25. The minimum Gasteiger partial charge on any atom is -0.444 e. The number of ether oxygens (including phenoxy) is 1. The Morgan fingerprint density at radius 3 is 2.75 bits per heavy atom. The molecule has 1 aromatic heterocycles. The zero-order valence-electron chi connectivity index (χ0n) is 17.9. The van der Waals surface area contributed by atoms with Gasteiger partial charge >= 0.3 is 11.8 Å². The van der Waals surface area contributed by atoms with E-state index in [0.717, 1.165) is 11.8 Å². The topological polar surface area (TPSA) is 123 Å². The van der Waals surface area contributed by atoms with Crippen molar-refractivity contribution in [2.45, 2.75) is 45.4 Å². The van der Waals surface area contributed by atoms with E-state index in [2.05, 4.69) is 20.6 Å². The summed E-state index contributed by atoms with van der Waals surface area (Å²) in [4.78, 5) is 33.0. The van der Waals surface area contributed by atoms with E-state index in [1.807, 2.05) is 0 Å². The van der Waals surface area contributed by atoms with Crippen molar-refractivity contribution in [1.82, 2.24) is 14.9 Å². The first-order valence-corrected chi connectivity index (χ1v) is 10.7. The summed E-state index contributed by atoms with van der Waals surface area (Å²) >= 11 is 12.0. The maximum absolute atomic E-state index is 12.3. The van der Waals surface area contributed by atoms with Gasteiger partial charge in [-0.2, -0.15) is 4.98 Å². The van der Waals surface area contributed by atoms with Crippen LogP contribution < -0.4 is 10.6 Å². The molecule has 0 bridgehead atoms. The van der Waals surface area contributed by atoms with Gasteiger partial charge in [-0.3, -0.25) is 10.1 Å². The van der Waals surface area contributed by atoms with Gasteiger partial charge in [-0.1, -0.05) is 29.3 Å². The third-order valence-electron chi connectivity index (χ3n) is 4.58. The molecule has 3 rings (SSSR count). The summed E-state index contributed by atoms with van der Waals surface area (Å²) in [5, 5.41) is 18.4. The summed E-state index contributed by atoms with van der Waals surface area (Å²) in [6, 6.07) is 4.99. The normalized spacial score (nSPS) is 16.0. The maximum atomic E-state index is 12.3. The number of nitrogens with one attached hydrogen (secondary N) is 2. The first kappa shape index (κ1) is 23.8. The number of nitrogens with zero attached hydrogens (tertiary/aromatic N) is 4. The van der Waals surface area contributed by atoms with E-state index < -0.39 is 16.6 Å². The number of aromatic nitrogens is 2. The number of nitro groups is 1. The second-order valence-corrected chi connectivity index (χ2v) is 9.16. The predicted molar refractivity (Wildman–Crippen MR) is 122 cm³/mol. The number of amides is 1. The number of benzene rings is 1. The Labute approximate surface area is 195 Å². The molecule has 10 nitrogen and oxygen atoms in total. The van der Waals surface area contributed by atoms with Crippen molar-refractivity contribution in [1.29, 1.82) is 0 Å². The quantitative estimate of drug-likeness (QED) is 0.447. The minimum absolute atomic E-state index is 0.0812. The molecule has 12 heteroatoms. The molecule has 1 fully saturated rings. The van der Waals surface area contributed by atoms with Crippen molar-refractivity contribution < 1.29 is 14.5 Å².